The maximum atomic E-state index is 11.1. The van der Waals surface area contributed by atoms with Gasteiger partial charge in [-0.3, -0.25) is 10.1 Å². The standard InChI is InChI=1S/C26H22N2O4/c1-18-17-25(2)26(21-11-7-4-8-12-21,23(18)19-9-5-3-6-10-19)31-24(27-32-25)20-13-15-22(16-14-20)28(29)30/h3-16H,17H2,1-2H3/t25-,26+/m0/s1. The van der Waals surface area contributed by atoms with Crippen molar-refractivity contribution in [2.75, 3.05) is 0 Å². The summed E-state index contributed by atoms with van der Waals surface area (Å²) in [5.41, 5.74) is 3.19. The third kappa shape index (κ3) is 2.91. The predicted molar refractivity (Wildman–Crippen MR) is 122 cm³/mol. The van der Waals surface area contributed by atoms with Crippen molar-refractivity contribution >= 4 is 17.2 Å². The van der Waals surface area contributed by atoms with Gasteiger partial charge in [-0.15, -0.1) is 0 Å². The van der Waals surface area contributed by atoms with E-state index in [2.05, 4.69) is 24.2 Å². The Morgan fingerprint density at radius 3 is 2.16 bits per heavy atom. The van der Waals surface area contributed by atoms with Gasteiger partial charge < -0.3 is 9.57 Å². The molecule has 160 valence electrons. The number of hydrogen-bond acceptors (Lipinski definition) is 5. The van der Waals surface area contributed by atoms with Crippen LogP contribution in [0.1, 0.15) is 37.0 Å². The highest BCUT2D eigenvalue weighted by Crippen LogP contribution is 2.59. The summed E-state index contributed by atoms with van der Waals surface area (Å²) in [5, 5.41) is 15.4. The molecule has 3 aromatic rings. The first-order valence-corrected chi connectivity index (χ1v) is 10.5. The number of non-ortho nitro benzene ring substituents is 1. The van der Waals surface area contributed by atoms with Crippen molar-refractivity contribution in [1.29, 1.82) is 0 Å². The quantitative estimate of drug-likeness (QED) is 0.388. The Labute approximate surface area is 185 Å². The summed E-state index contributed by atoms with van der Waals surface area (Å²) in [4.78, 5) is 16.8. The Hall–Kier alpha value is -3.93. The van der Waals surface area contributed by atoms with Crippen molar-refractivity contribution in [3.05, 3.63) is 117 Å². The smallest absolute Gasteiger partial charge is 0.269 e. The van der Waals surface area contributed by atoms with Crippen LogP contribution in [0.15, 0.2) is 95.7 Å². The van der Waals surface area contributed by atoms with Crippen LogP contribution in [0, 0.1) is 10.1 Å². The van der Waals surface area contributed by atoms with Crippen LogP contribution in [0.3, 0.4) is 0 Å². The van der Waals surface area contributed by atoms with Crippen LogP contribution >= 0.6 is 0 Å². The van der Waals surface area contributed by atoms with Gasteiger partial charge in [0.2, 0.25) is 5.60 Å². The Kier molecular flexibility index (Phi) is 4.59. The monoisotopic (exact) mass is 426 g/mol. The minimum atomic E-state index is -0.932. The first-order chi connectivity index (χ1) is 15.4. The van der Waals surface area contributed by atoms with Gasteiger partial charge in [-0.1, -0.05) is 66.2 Å². The lowest BCUT2D eigenvalue weighted by atomic mass is 9.74. The summed E-state index contributed by atoms with van der Waals surface area (Å²) < 4.78 is 6.81. The van der Waals surface area contributed by atoms with E-state index in [-0.39, 0.29) is 5.69 Å². The Balaban J connectivity index is 1.69. The van der Waals surface area contributed by atoms with Gasteiger partial charge in [0.15, 0.2) is 5.60 Å². The molecule has 0 bridgehead atoms. The number of hydrogen-bond donors (Lipinski definition) is 0. The summed E-state index contributed by atoms with van der Waals surface area (Å²) in [5.74, 6) is 0.296. The lowest BCUT2D eigenvalue weighted by Crippen LogP contribution is -2.54. The molecular formula is C26H22N2O4. The van der Waals surface area contributed by atoms with Gasteiger partial charge >= 0.3 is 0 Å². The molecule has 0 spiro atoms. The zero-order valence-electron chi connectivity index (χ0n) is 17.8. The number of oxime groups is 1. The Bertz CT molecular complexity index is 1240. The third-order valence-electron chi connectivity index (χ3n) is 6.27. The minimum absolute atomic E-state index is 0.00951. The van der Waals surface area contributed by atoms with E-state index in [9.17, 15) is 10.1 Å². The van der Waals surface area contributed by atoms with E-state index in [4.69, 9.17) is 9.57 Å². The fraction of sp³-hybridized carbons (Fsp3) is 0.192. The molecule has 0 fully saturated rings. The van der Waals surface area contributed by atoms with E-state index in [1.807, 2.05) is 55.5 Å². The van der Waals surface area contributed by atoms with E-state index in [0.29, 0.717) is 17.9 Å². The average molecular weight is 426 g/mol. The second-order valence-electron chi connectivity index (χ2n) is 8.37. The third-order valence-corrected chi connectivity index (χ3v) is 6.27. The van der Waals surface area contributed by atoms with Crippen LogP contribution in [0.25, 0.3) is 5.57 Å². The average Bonchev–Trinajstić information content (AvgIpc) is 3.06. The van der Waals surface area contributed by atoms with Crippen molar-refractivity contribution in [2.24, 2.45) is 5.16 Å². The summed E-state index contributed by atoms with van der Waals surface area (Å²) in [6.07, 6.45) is 0.656. The number of nitro benzene ring substituents is 1. The van der Waals surface area contributed by atoms with Crippen LogP contribution in [0.4, 0.5) is 5.69 Å². The van der Waals surface area contributed by atoms with Crippen molar-refractivity contribution in [3.8, 4) is 0 Å². The number of nitro groups is 1. The molecule has 0 saturated carbocycles. The highest BCUT2D eigenvalue weighted by Gasteiger charge is 2.64. The molecule has 0 unspecified atom stereocenters. The van der Waals surface area contributed by atoms with Crippen LogP contribution < -0.4 is 0 Å². The lowest BCUT2D eigenvalue weighted by molar-refractivity contribution is -0.384. The molecule has 0 aromatic heterocycles. The van der Waals surface area contributed by atoms with Crippen LogP contribution in [-0.2, 0) is 15.2 Å². The number of rotatable bonds is 4. The molecule has 1 aliphatic heterocycles. The molecule has 6 heteroatoms. The number of ether oxygens (including phenoxy) is 1. The zero-order valence-corrected chi connectivity index (χ0v) is 17.8. The summed E-state index contributed by atoms with van der Waals surface area (Å²) >= 11 is 0. The number of benzene rings is 3. The van der Waals surface area contributed by atoms with Crippen LogP contribution in [0.5, 0.6) is 0 Å². The summed E-state index contributed by atoms with van der Waals surface area (Å²) in [7, 11) is 0. The number of nitrogens with zero attached hydrogens (tertiary/aromatic N) is 2. The van der Waals surface area contributed by atoms with Gasteiger partial charge in [0.25, 0.3) is 11.6 Å². The van der Waals surface area contributed by atoms with Crippen molar-refractivity contribution < 1.29 is 14.5 Å². The maximum Gasteiger partial charge on any atom is 0.269 e. The van der Waals surface area contributed by atoms with Crippen molar-refractivity contribution in [2.45, 2.75) is 31.5 Å². The molecule has 2 aliphatic rings. The molecule has 6 nitrogen and oxygen atoms in total. The molecule has 0 amide bonds. The Morgan fingerprint density at radius 2 is 1.53 bits per heavy atom. The van der Waals surface area contributed by atoms with Crippen molar-refractivity contribution in [3.63, 3.8) is 0 Å². The van der Waals surface area contributed by atoms with Gasteiger partial charge in [0.05, 0.1) is 4.92 Å². The van der Waals surface area contributed by atoms with Gasteiger partial charge in [0.1, 0.15) is 0 Å². The molecule has 1 heterocycles. The molecular weight excluding hydrogens is 404 g/mol. The largest absolute Gasteiger partial charge is 0.454 e. The summed E-state index contributed by atoms with van der Waals surface area (Å²) in [6, 6.07) is 26.4. The van der Waals surface area contributed by atoms with Gasteiger partial charge in [-0.05, 0) is 36.7 Å². The van der Waals surface area contributed by atoms with E-state index < -0.39 is 16.1 Å². The van der Waals surface area contributed by atoms with Gasteiger partial charge in [0, 0.05) is 35.3 Å². The zero-order chi connectivity index (χ0) is 22.3. The SMILES string of the molecule is CC1=C(c2ccccc2)[C@@]2(c3ccccc3)OC(c3ccc([N+](=O)[O-])cc3)=NO[C@@]2(C)C1. The topological polar surface area (TPSA) is 74.0 Å². The lowest BCUT2D eigenvalue weighted by Gasteiger charge is -2.46. The molecule has 3 aromatic carbocycles. The maximum absolute atomic E-state index is 11.1. The Morgan fingerprint density at radius 1 is 0.906 bits per heavy atom. The molecule has 5 rings (SSSR count). The molecule has 0 saturated heterocycles. The minimum Gasteiger partial charge on any atom is -0.454 e. The second-order valence-corrected chi connectivity index (χ2v) is 8.37. The molecule has 0 radical (unpaired) electrons. The van der Waals surface area contributed by atoms with Crippen LogP contribution in [0.2, 0.25) is 0 Å². The molecule has 32 heavy (non-hydrogen) atoms. The second kappa shape index (κ2) is 7.34. The molecule has 1 aliphatic carbocycles. The van der Waals surface area contributed by atoms with Crippen molar-refractivity contribution in [1.82, 2.24) is 0 Å². The normalized spacial score (nSPS) is 24.2. The highest BCUT2D eigenvalue weighted by atomic mass is 16.7. The predicted octanol–water partition coefficient (Wildman–Crippen LogP) is 5.83. The highest BCUT2D eigenvalue weighted by molar-refractivity contribution is 5.97. The fourth-order valence-corrected chi connectivity index (χ4v) is 4.92. The van der Waals surface area contributed by atoms with E-state index >= 15 is 0 Å². The molecule has 2 atom stereocenters. The summed E-state index contributed by atoms with van der Waals surface area (Å²) in [6.45, 7) is 4.13. The fourth-order valence-electron chi connectivity index (χ4n) is 4.92. The van der Waals surface area contributed by atoms with Crippen LogP contribution in [-0.4, -0.2) is 16.4 Å². The van der Waals surface area contributed by atoms with E-state index in [0.717, 1.165) is 16.7 Å². The first-order valence-electron chi connectivity index (χ1n) is 10.5. The first kappa shape index (κ1) is 20.0. The molecule has 0 N–H and O–H groups in total. The van der Waals surface area contributed by atoms with Gasteiger partial charge in [-0.2, -0.15) is 0 Å². The van der Waals surface area contributed by atoms with E-state index in [1.165, 1.54) is 17.7 Å². The van der Waals surface area contributed by atoms with Gasteiger partial charge in [-0.25, -0.2) is 0 Å². The number of fused-ring (bicyclic) bond motifs is 1. The van der Waals surface area contributed by atoms with E-state index in [1.54, 1.807) is 12.1 Å².